The van der Waals surface area contributed by atoms with Gasteiger partial charge in [-0.1, -0.05) is 38.5 Å². The summed E-state index contributed by atoms with van der Waals surface area (Å²) >= 11 is 0. The van der Waals surface area contributed by atoms with Gasteiger partial charge in [0.25, 0.3) is 0 Å². The first kappa shape index (κ1) is 14.0. The summed E-state index contributed by atoms with van der Waals surface area (Å²) in [5.41, 5.74) is 2.46. The van der Waals surface area contributed by atoms with Crippen LogP contribution in [0.5, 0.6) is 5.75 Å². The number of benzene rings is 1. The molecule has 2 nitrogen and oxygen atoms in total. The highest BCUT2D eigenvalue weighted by atomic mass is 16.3. The van der Waals surface area contributed by atoms with Gasteiger partial charge >= 0.3 is 0 Å². The third-order valence-electron chi connectivity index (χ3n) is 3.49. The summed E-state index contributed by atoms with van der Waals surface area (Å²) in [6.45, 7) is 11.8. The van der Waals surface area contributed by atoms with Gasteiger partial charge in [0.15, 0.2) is 0 Å². The summed E-state index contributed by atoms with van der Waals surface area (Å²) in [6, 6.07) is 5.93. The lowest BCUT2D eigenvalue weighted by Crippen LogP contribution is -2.30. The van der Waals surface area contributed by atoms with Gasteiger partial charge in [-0.05, 0) is 31.7 Å². The van der Waals surface area contributed by atoms with Gasteiger partial charge in [0.05, 0.1) is 0 Å². The highest BCUT2D eigenvalue weighted by Gasteiger charge is 2.17. The summed E-state index contributed by atoms with van der Waals surface area (Å²) in [5, 5.41) is 13.4. The fourth-order valence-corrected chi connectivity index (χ4v) is 1.69. The predicted molar refractivity (Wildman–Crippen MR) is 73.3 cm³/mol. The molecule has 0 aliphatic carbocycles. The fourth-order valence-electron chi connectivity index (χ4n) is 1.69. The second-order valence-electron chi connectivity index (χ2n) is 5.68. The Labute approximate surface area is 105 Å². The maximum Gasteiger partial charge on any atom is 0.120 e. The molecule has 0 saturated heterocycles. The average Bonchev–Trinajstić information content (AvgIpc) is 2.29. The van der Waals surface area contributed by atoms with Crippen molar-refractivity contribution in [2.45, 2.75) is 47.1 Å². The van der Waals surface area contributed by atoms with Gasteiger partial charge in [-0.2, -0.15) is 0 Å². The van der Waals surface area contributed by atoms with E-state index in [2.05, 4.69) is 33.0 Å². The first-order valence-electron chi connectivity index (χ1n) is 6.38. The van der Waals surface area contributed by atoms with Gasteiger partial charge in [0, 0.05) is 18.2 Å². The lowest BCUT2D eigenvalue weighted by atomic mass is 9.90. The number of nitrogens with one attached hydrogen (secondary N) is 1. The average molecular weight is 235 g/mol. The highest BCUT2D eigenvalue weighted by Crippen LogP contribution is 2.26. The SMILES string of the molecule is CCC(C)(C)CNC(C)c1cc(C)ccc1O. The van der Waals surface area contributed by atoms with Crippen LogP contribution < -0.4 is 5.32 Å². The normalized spacial score (nSPS) is 13.7. The molecule has 2 heteroatoms. The minimum atomic E-state index is 0.181. The maximum atomic E-state index is 9.85. The van der Waals surface area contributed by atoms with Crippen LogP contribution in [0, 0.1) is 12.3 Å². The molecule has 1 atom stereocenters. The van der Waals surface area contributed by atoms with Crippen molar-refractivity contribution >= 4 is 0 Å². The summed E-state index contributed by atoms with van der Waals surface area (Å²) in [5.74, 6) is 0.380. The van der Waals surface area contributed by atoms with Crippen LogP contribution in [0.1, 0.15) is 51.3 Å². The zero-order valence-corrected chi connectivity index (χ0v) is 11.7. The second kappa shape index (κ2) is 5.54. The van der Waals surface area contributed by atoms with E-state index < -0.39 is 0 Å². The third kappa shape index (κ3) is 4.04. The van der Waals surface area contributed by atoms with Crippen LogP contribution in [0.3, 0.4) is 0 Å². The van der Waals surface area contributed by atoms with E-state index in [1.807, 2.05) is 19.1 Å². The van der Waals surface area contributed by atoms with Crippen molar-refractivity contribution in [2.75, 3.05) is 6.54 Å². The van der Waals surface area contributed by atoms with Crippen molar-refractivity contribution in [3.63, 3.8) is 0 Å². The van der Waals surface area contributed by atoms with Crippen molar-refractivity contribution < 1.29 is 5.11 Å². The third-order valence-corrected chi connectivity index (χ3v) is 3.49. The van der Waals surface area contributed by atoms with Gasteiger partial charge in [0.1, 0.15) is 5.75 Å². The molecule has 0 saturated carbocycles. The molecule has 0 aromatic heterocycles. The van der Waals surface area contributed by atoms with E-state index in [0.29, 0.717) is 11.2 Å². The quantitative estimate of drug-likeness (QED) is 0.814. The van der Waals surface area contributed by atoms with Crippen LogP contribution in [-0.4, -0.2) is 11.7 Å². The molecule has 1 aromatic rings. The van der Waals surface area contributed by atoms with Gasteiger partial charge < -0.3 is 10.4 Å². The highest BCUT2D eigenvalue weighted by molar-refractivity contribution is 5.37. The lowest BCUT2D eigenvalue weighted by molar-refractivity contribution is 0.312. The van der Waals surface area contributed by atoms with Crippen molar-refractivity contribution in [1.82, 2.24) is 5.32 Å². The summed E-state index contributed by atoms with van der Waals surface area (Å²) in [7, 11) is 0. The van der Waals surface area contributed by atoms with E-state index in [1.54, 1.807) is 6.07 Å². The maximum absolute atomic E-state index is 9.85. The number of aromatic hydroxyl groups is 1. The molecule has 0 spiro atoms. The minimum Gasteiger partial charge on any atom is -0.508 e. The Bertz CT molecular complexity index is 371. The lowest BCUT2D eigenvalue weighted by Gasteiger charge is -2.26. The molecule has 0 heterocycles. The van der Waals surface area contributed by atoms with E-state index >= 15 is 0 Å². The minimum absolute atomic E-state index is 0.181. The Balaban J connectivity index is 2.70. The standard InChI is InChI=1S/C15H25NO/c1-6-15(4,5)10-16-12(3)13-9-11(2)7-8-14(13)17/h7-9,12,16-17H,6,10H2,1-5H3. The van der Waals surface area contributed by atoms with E-state index in [-0.39, 0.29) is 6.04 Å². The molecule has 0 aliphatic rings. The van der Waals surface area contributed by atoms with E-state index in [0.717, 1.165) is 18.5 Å². The molecule has 0 radical (unpaired) electrons. The molecule has 0 fully saturated rings. The largest absolute Gasteiger partial charge is 0.508 e. The fraction of sp³-hybridized carbons (Fsp3) is 0.600. The zero-order valence-electron chi connectivity index (χ0n) is 11.7. The number of phenols is 1. The van der Waals surface area contributed by atoms with Crippen LogP contribution in [0.4, 0.5) is 0 Å². The molecule has 96 valence electrons. The molecule has 1 aromatic carbocycles. The van der Waals surface area contributed by atoms with E-state index in [4.69, 9.17) is 0 Å². The first-order valence-corrected chi connectivity index (χ1v) is 6.38. The molecule has 1 rings (SSSR count). The van der Waals surface area contributed by atoms with Crippen molar-refractivity contribution in [2.24, 2.45) is 5.41 Å². The predicted octanol–water partition coefficient (Wildman–Crippen LogP) is 3.79. The zero-order chi connectivity index (χ0) is 13.1. The number of hydrogen-bond acceptors (Lipinski definition) is 2. The number of rotatable bonds is 5. The van der Waals surface area contributed by atoms with Gasteiger partial charge in [-0.3, -0.25) is 0 Å². The smallest absolute Gasteiger partial charge is 0.120 e. The monoisotopic (exact) mass is 235 g/mol. The Morgan fingerprint density at radius 2 is 2.00 bits per heavy atom. The Hall–Kier alpha value is -1.02. The molecule has 0 amide bonds. The summed E-state index contributed by atoms with van der Waals surface area (Å²) in [6.07, 6.45) is 1.15. The second-order valence-corrected chi connectivity index (χ2v) is 5.68. The van der Waals surface area contributed by atoms with Gasteiger partial charge in [-0.15, -0.1) is 0 Å². The first-order chi connectivity index (χ1) is 7.85. The molecule has 2 N–H and O–H groups in total. The number of hydrogen-bond donors (Lipinski definition) is 2. The number of aryl methyl sites for hydroxylation is 1. The Kier molecular flexibility index (Phi) is 4.58. The molecule has 0 aliphatic heterocycles. The van der Waals surface area contributed by atoms with E-state index in [1.165, 1.54) is 5.56 Å². The van der Waals surface area contributed by atoms with Gasteiger partial charge in [-0.25, -0.2) is 0 Å². The molecule has 1 unspecified atom stereocenters. The molecule has 17 heavy (non-hydrogen) atoms. The van der Waals surface area contributed by atoms with Crippen LogP contribution in [0.2, 0.25) is 0 Å². The van der Waals surface area contributed by atoms with Crippen molar-refractivity contribution in [3.05, 3.63) is 29.3 Å². The Morgan fingerprint density at radius 3 is 2.59 bits per heavy atom. The van der Waals surface area contributed by atoms with E-state index in [9.17, 15) is 5.11 Å². The van der Waals surface area contributed by atoms with Crippen molar-refractivity contribution in [3.8, 4) is 5.75 Å². The van der Waals surface area contributed by atoms with Crippen LogP contribution >= 0.6 is 0 Å². The number of phenolic OH excluding ortho intramolecular Hbond substituents is 1. The van der Waals surface area contributed by atoms with Crippen LogP contribution in [0.25, 0.3) is 0 Å². The van der Waals surface area contributed by atoms with Crippen LogP contribution in [0.15, 0.2) is 18.2 Å². The van der Waals surface area contributed by atoms with Gasteiger partial charge in [0.2, 0.25) is 0 Å². The van der Waals surface area contributed by atoms with Crippen molar-refractivity contribution in [1.29, 1.82) is 0 Å². The topological polar surface area (TPSA) is 32.3 Å². The Morgan fingerprint density at radius 1 is 1.35 bits per heavy atom. The summed E-state index contributed by atoms with van der Waals surface area (Å²) in [4.78, 5) is 0. The molecule has 0 bridgehead atoms. The molecular weight excluding hydrogens is 210 g/mol. The summed E-state index contributed by atoms with van der Waals surface area (Å²) < 4.78 is 0. The van der Waals surface area contributed by atoms with Crippen LogP contribution in [-0.2, 0) is 0 Å². The molecular formula is C15H25NO.